The number of alkyl halides is 1. The van der Waals surface area contributed by atoms with E-state index in [0.717, 1.165) is 12.1 Å². The maximum Gasteiger partial charge on any atom is 0.146 e. The van der Waals surface area contributed by atoms with Crippen molar-refractivity contribution in [1.29, 1.82) is 0 Å². The molecule has 0 amide bonds. The Kier molecular flexibility index (Phi) is 6.30. The maximum absolute atomic E-state index is 13.8. The molecule has 0 unspecified atom stereocenters. The first kappa shape index (κ1) is 14.3. The van der Waals surface area contributed by atoms with E-state index in [2.05, 4.69) is 0 Å². The molecule has 0 bridgehead atoms. The molecule has 0 aromatic heterocycles. The highest BCUT2D eigenvalue weighted by Gasteiger charge is 2.10. The number of rotatable bonds is 7. The van der Waals surface area contributed by atoms with Crippen LogP contribution >= 0.6 is 11.6 Å². The van der Waals surface area contributed by atoms with Gasteiger partial charge in [0.2, 0.25) is 0 Å². The zero-order chi connectivity index (χ0) is 12.7. The summed E-state index contributed by atoms with van der Waals surface area (Å²) < 4.78 is 19.1. The fourth-order valence-electron chi connectivity index (χ4n) is 1.66. The molecule has 17 heavy (non-hydrogen) atoms. The number of ether oxygens (including phenoxy) is 1. The van der Waals surface area contributed by atoms with Gasteiger partial charge in [-0.2, -0.15) is 0 Å². The number of halogens is 2. The molecular weight excluding hydrogens is 241 g/mol. The molecule has 0 N–H and O–H groups in total. The van der Waals surface area contributed by atoms with Crippen molar-refractivity contribution in [3.8, 4) is 0 Å². The number of anilines is 1. The van der Waals surface area contributed by atoms with Crippen molar-refractivity contribution in [2.45, 2.75) is 19.7 Å². The Morgan fingerprint density at radius 3 is 2.65 bits per heavy atom. The topological polar surface area (TPSA) is 12.5 Å². The predicted octanol–water partition coefficient (Wildman–Crippen LogP) is 3.43. The zero-order valence-electron chi connectivity index (χ0n) is 10.4. The Bertz CT molecular complexity index is 346. The van der Waals surface area contributed by atoms with Gasteiger partial charge in [0, 0.05) is 25.6 Å². The standard InChI is InChI=1S/C13H19ClFNO/c1-3-16(7-8-17-4-2)13-6-5-11(10-14)9-12(13)15/h5-6,9H,3-4,7-8,10H2,1-2H3. The molecule has 96 valence electrons. The van der Waals surface area contributed by atoms with E-state index in [1.165, 1.54) is 6.07 Å². The van der Waals surface area contributed by atoms with Crippen molar-refractivity contribution in [2.75, 3.05) is 31.2 Å². The molecule has 1 rings (SSSR count). The van der Waals surface area contributed by atoms with Gasteiger partial charge in [-0.15, -0.1) is 11.6 Å². The lowest BCUT2D eigenvalue weighted by atomic mass is 10.2. The van der Waals surface area contributed by atoms with Gasteiger partial charge in [0.05, 0.1) is 12.3 Å². The van der Waals surface area contributed by atoms with E-state index in [4.69, 9.17) is 16.3 Å². The maximum atomic E-state index is 13.8. The molecule has 0 heterocycles. The zero-order valence-corrected chi connectivity index (χ0v) is 11.1. The summed E-state index contributed by atoms with van der Waals surface area (Å²) in [5.74, 6) is 0.115. The van der Waals surface area contributed by atoms with Gasteiger partial charge in [0.25, 0.3) is 0 Å². The molecule has 0 aliphatic heterocycles. The van der Waals surface area contributed by atoms with Gasteiger partial charge >= 0.3 is 0 Å². The second-order valence-corrected chi connectivity index (χ2v) is 3.96. The molecule has 0 atom stereocenters. The molecule has 0 fully saturated rings. The first-order chi connectivity index (χ1) is 8.22. The summed E-state index contributed by atoms with van der Waals surface area (Å²) in [7, 11) is 0. The minimum atomic E-state index is -0.221. The number of hydrogen-bond acceptors (Lipinski definition) is 2. The van der Waals surface area contributed by atoms with Crippen LogP contribution in [0.1, 0.15) is 19.4 Å². The Hall–Kier alpha value is -0.800. The van der Waals surface area contributed by atoms with Crippen LogP contribution in [-0.2, 0) is 10.6 Å². The van der Waals surface area contributed by atoms with Gasteiger partial charge in [-0.3, -0.25) is 0 Å². The Balaban J connectivity index is 2.73. The highest BCUT2D eigenvalue weighted by molar-refractivity contribution is 6.17. The molecule has 0 radical (unpaired) electrons. The van der Waals surface area contributed by atoms with E-state index >= 15 is 0 Å². The third-order valence-corrected chi connectivity index (χ3v) is 2.91. The summed E-state index contributed by atoms with van der Waals surface area (Å²) in [4.78, 5) is 1.96. The largest absolute Gasteiger partial charge is 0.380 e. The van der Waals surface area contributed by atoms with Crippen LogP contribution in [0.25, 0.3) is 0 Å². The van der Waals surface area contributed by atoms with Crippen LogP contribution in [0.4, 0.5) is 10.1 Å². The van der Waals surface area contributed by atoms with Crippen LogP contribution in [0.5, 0.6) is 0 Å². The average Bonchev–Trinajstić information content (AvgIpc) is 2.35. The Morgan fingerprint density at radius 2 is 2.12 bits per heavy atom. The average molecular weight is 260 g/mol. The van der Waals surface area contributed by atoms with Gasteiger partial charge < -0.3 is 9.64 Å². The van der Waals surface area contributed by atoms with Crippen LogP contribution in [0.2, 0.25) is 0 Å². The molecule has 4 heteroatoms. The van der Waals surface area contributed by atoms with E-state index in [9.17, 15) is 4.39 Å². The predicted molar refractivity (Wildman–Crippen MR) is 70.3 cm³/mol. The molecule has 0 aliphatic carbocycles. The van der Waals surface area contributed by atoms with Crippen LogP contribution in [0.15, 0.2) is 18.2 Å². The summed E-state index contributed by atoms with van der Waals surface area (Å²) in [6.45, 7) is 6.70. The third-order valence-electron chi connectivity index (χ3n) is 2.60. The lowest BCUT2D eigenvalue weighted by Crippen LogP contribution is -2.28. The van der Waals surface area contributed by atoms with Gasteiger partial charge in [0.1, 0.15) is 5.82 Å². The molecular formula is C13H19ClFNO. The molecule has 0 saturated carbocycles. The number of nitrogens with zero attached hydrogens (tertiary/aromatic N) is 1. The molecule has 1 aromatic carbocycles. The van der Waals surface area contributed by atoms with Gasteiger partial charge in [-0.25, -0.2) is 4.39 Å². The molecule has 0 saturated heterocycles. The van der Waals surface area contributed by atoms with Crippen LogP contribution in [-0.4, -0.2) is 26.3 Å². The smallest absolute Gasteiger partial charge is 0.146 e. The van der Waals surface area contributed by atoms with Crippen LogP contribution < -0.4 is 4.90 Å². The van der Waals surface area contributed by atoms with Gasteiger partial charge in [0.15, 0.2) is 0 Å². The summed E-state index contributed by atoms with van der Waals surface area (Å²) in [6, 6.07) is 5.13. The van der Waals surface area contributed by atoms with E-state index < -0.39 is 0 Å². The third kappa shape index (κ3) is 4.17. The monoisotopic (exact) mass is 259 g/mol. The van der Waals surface area contributed by atoms with E-state index in [0.29, 0.717) is 31.3 Å². The first-order valence-electron chi connectivity index (χ1n) is 5.90. The van der Waals surface area contributed by atoms with E-state index in [-0.39, 0.29) is 5.82 Å². The van der Waals surface area contributed by atoms with Crippen molar-refractivity contribution in [2.24, 2.45) is 0 Å². The van der Waals surface area contributed by atoms with Crippen molar-refractivity contribution < 1.29 is 9.13 Å². The fraction of sp³-hybridized carbons (Fsp3) is 0.538. The fourth-order valence-corrected chi connectivity index (χ4v) is 1.82. The SMILES string of the molecule is CCOCCN(CC)c1ccc(CCl)cc1F. The second kappa shape index (κ2) is 7.51. The minimum absolute atomic E-state index is 0.221. The second-order valence-electron chi connectivity index (χ2n) is 3.70. The van der Waals surface area contributed by atoms with Gasteiger partial charge in [-0.1, -0.05) is 6.07 Å². The highest BCUT2D eigenvalue weighted by atomic mass is 35.5. The molecule has 0 aliphatic rings. The Morgan fingerprint density at radius 1 is 1.35 bits per heavy atom. The Labute approximate surface area is 107 Å². The van der Waals surface area contributed by atoms with Crippen molar-refractivity contribution in [1.82, 2.24) is 0 Å². The summed E-state index contributed by atoms with van der Waals surface area (Å²) in [6.07, 6.45) is 0. The van der Waals surface area contributed by atoms with Crippen molar-refractivity contribution in [3.63, 3.8) is 0 Å². The lowest BCUT2D eigenvalue weighted by Gasteiger charge is -2.23. The number of benzene rings is 1. The normalized spacial score (nSPS) is 10.6. The van der Waals surface area contributed by atoms with Crippen molar-refractivity contribution in [3.05, 3.63) is 29.6 Å². The summed E-state index contributed by atoms with van der Waals surface area (Å²) >= 11 is 5.67. The van der Waals surface area contributed by atoms with Gasteiger partial charge in [-0.05, 0) is 31.5 Å². The summed E-state index contributed by atoms with van der Waals surface area (Å²) in [5.41, 5.74) is 1.41. The van der Waals surface area contributed by atoms with E-state index in [1.807, 2.05) is 24.8 Å². The quantitative estimate of drug-likeness (QED) is 0.550. The minimum Gasteiger partial charge on any atom is -0.380 e. The number of hydrogen-bond donors (Lipinski definition) is 0. The molecule has 2 nitrogen and oxygen atoms in total. The molecule has 1 aromatic rings. The van der Waals surface area contributed by atoms with Crippen molar-refractivity contribution >= 4 is 17.3 Å². The van der Waals surface area contributed by atoms with E-state index in [1.54, 1.807) is 6.07 Å². The van der Waals surface area contributed by atoms with Crippen LogP contribution in [0.3, 0.4) is 0 Å². The lowest BCUT2D eigenvalue weighted by molar-refractivity contribution is 0.154. The molecule has 0 spiro atoms. The summed E-state index contributed by atoms with van der Waals surface area (Å²) in [5, 5.41) is 0. The van der Waals surface area contributed by atoms with Crippen LogP contribution in [0, 0.1) is 5.82 Å². The first-order valence-corrected chi connectivity index (χ1v) is 6.43. The highest BCUT2D eigenvalue weighted by Crippen LogP contribution is 2.21. The number of likely N-dealkylation sites (N-methyl/N-ethyl adjacent to an activating group) is 1.